The van der Waals surface area contributed by atoms with E-state index in [4.69, 9.17) is 5.26 Å². The number of hydrogen-bond donors (Lipinski definition) is 1. The van der Waals surface area contributed by atoms with Crippen LogP contribution in [0.3, 0.4) is 0 Å². The fourth-order valence-corrected chi connectivity index (χ4v) is 3.48. The Morgan fingerprint density at radius 2 is 2.00 bits per heavy atom. The second kappa shape index (κ2) is 8.35. The van der Waals surface area contributed by atoms with Gasteiger partial charge in [0.15, 0.2) is 0 Å². The summed E-state index contributed by atoms with van der Waals surface area (Å²) in [4.78, 5) is 32.2. The first-order valence-corrected chi connectivity index (χ1v) is 8.55. The zero-order valence-electron chi connectivity index (χ0n) is 12.1. The number of nitrogens with zero attached hydrogens (tertiary/aromatic N) is 3. The summed E-state index contributed by atoms with van der Waals surface area (Å²) in [6, 6.07) is 3.10. The Balaban J connectivity index is 3.13. The Morgan fingerprint density at radius 1 is 1.35 bits per heavy atom. The number of nitro benzene ring substituents is 2. The first kappa shape index (κ1) is 18.7. The normalized spacial score (nSPS) is 10.2. The van der Waals surface area contributed by atoms with E-state index in [-0.39, 0.29) is 0 Å². The number of amides is 1. The molecule has 0 aliphatic carbocycles. The minimum absolute atomic E-state index is 0.396. The Labute approximate surface area is 139 Å². The molecule has 1 aromatic carbocycles. The molecule has 0 unspecified atom stereocenters. The van der Waals surface area contributed by atoms with Crippen LogP contribution in [-0.4, -0.2) is 21.5 Å². The number of nitriles is 1. The van der Waals surface area contributed by atoms with Crippen LogP contribution in [-0.2, 0) is 0 Å². The Bertz CT molecular complexity index is 687. The molecule has 1 rings (SSSR count). The zero-order chi connectivity index (χ0) is 17.6. The van der Waals surface area contributed by atoms with Crippen LogP contribution in [0.25, 0.3) is 0 Å². The van der Waals surface area contributed by atoms with Crippen LogP contribution in [0.4, 0.5) is 11.4 Å². The molecule has 0 aliphatic rings. The van der Waals surface area contributed by atoms with E-state index in [1.165, 1.54) is 10.8 Å². The third-order valence-electron chi connectivity index (χ3n) is 2.45. The van der Waals surface area contributed by atoms with E-state index in [9.17, 15) is 25.0 Å². The number of non-ortho nitro benzene ring substituents is 1. The molecule has 23 heavy (non-hydrogen) atoms. The molecule has 0 radical (unpaired) electrons. The van der Waals surface area contributed by atoms with E-state index in [2.05, 4.69) is 4.72 Å². The number of hydrogen-bond acceptors (Lipinski definition) is 8. The summed E-state index contributed by atoms with van der Waals surface area (Å²) < 4.78 is 2.39. The molecule has 0 fully saturated rings. The van der Waals surface area contributed by atoms with E-state index >= 15 is 0 Å². The quantitative estimate of drug-likeness (QED) is 0.258. The molecule has 1 N–H and O–H groups in total. The van der Waals surface area contributed by atoms with E-state index in [1.54, 1.807) is 6.07 Å². The van der Waals surface area contributed by atoms with Crippen molar-refractivity contribution in [2.45, 2.75) is 13.8 Å². The lowest BCUT2D eigenvalue weighted by Crippen LogP contribution is -2.18. The molecule has 0 heterocycles. The van der Waals surface area contributed by atoms with Gasteiger partial charge in [-0.05, 0) is 5.92 Å². The second-order valence-corrected chi connectivity index (χ2v) is 6.85. The average molecular weight is 356 g/mol. The molecule has 122 valence electrons. The standard InChI is InChI=1S/C12H12N4O5S2/c1-7(2)6-22-23-14-12(17)11-8(5-13)3-9(15(18)19)4-10(11)16(20)21/h3-4,7H,6H2,1-2H3,(H,14,17). The van der Waals surface area contributed by atoms with Gasteiger partial charge in [0.1, 0.15) is 11.6 Å². The Kier molecular flexibility index (Phi) is 6.80. The van der Waals surface area contributed by atoms with Gasteiger partial charge in [-0.15, -0.1) is 0 Å². The van der Waals surface area contributed by atoms with Crippen molar-refractivity contribution < 1.29 is 14.6 Å². The molecule has 11 heteroatoms. The third-order valence-corrected chi connectivity index (χ3v) is 4.65. The topological polar surface area (TPSA) is 139 Å². The smallest absolute Gasteiger partial charge is 0.287 e. The maximum absolute atomic E-state index is 12.1. The number of nitrogens with one attached hydrogen (secondary N) is 1. The summed E-state index contributed by atoms with van der Waals surface area (Å²) in [6.45, 7) is 3.98. The molecule has 1 aromatic rings. The number of nitro groups is 2. The molecule has 0 aliphatic heterocycles. The largest absolute Gasteiger partial charge is 0.290 e. The summed E-state index contributed by atoms with van der Waals surface area (Å²) in [7, 11) is 2.33. The average Bonchev–Trinajstić information content (AvgIpc) is 2.49. The van der Waals surface area contributed by atoms with Crippen LogP contribution < -0.4 is 4.72 Å². The van der Waals surface area contributed by atoms with E-state index in [0.717, 1.165) is 22.8 Å². The molecule has 0 spiro atoms. The van der Waals surface area contributed by atoms with Crippen molar-refractivity contribution in [3.63, 3.8) is 0 Å². The van der Waals surface area contributed by atoms with Gasteiger partial charge in [-0.1, -0.05) is 24.6 Å². The van der Waals surface area contributed by atoms with Gasteiger partial charge in [-0.25, -0.2) is 0 Å². The highest BCUT2D eigenvalue weighted by atomic mass is 33.1. The fourth-order valence-electron chi connectivity index (χ4n) is 1.48. The number of carbonyl (C=O) groups is 1. The highest BCUT2D eigenvalue weighted by Crippen LogP contribution is 2.29. The minimum Gasteiger partial charge on any atom is -0.287 e. The van der Waals surface area contributed by atoms with Gasteiger partial charge in [0.05, 0.1) is 21.5 Å². The van der Waals surface area contributed by atoms with Crippen LogP contribution in [0.15, 0.2) is 12.1 Å². The van der Waals surface area contributed by atoms with Crippen molar-refractivity contribution in [2.24, 2.45) is 5.92 Å². The van der Waals surface area contributed by atoms with Crippen molar-refractivity contribution in [1.29, 1.82) is 5.26 Å². The van der Waals surface area contributed by atoms with Crippen LogP contribution in [0.5, 0.6) is 0 Å². The van der Waals surface area contributed by atoms with Gasteiger partial charge in [0, 0.05) is 22.8 Å². The van der Waals surface area contributed by atoms with Crippen molar-refractivity contribution in [2.75, 3.05) is 5.75 Å². The maximum atomic E-state index is 12.1. The van der Waals surface area contributed by atoms with Crippen LogP contribution >= 0.6 is 21.8 Å². The molecule has 1 amide bonds. The summed E-state index contributed by atoms with van der Waals surface area (Å²) in [6.07, 6.45) is 0. The first-order valence-electron chi connectivity index (χ1n) is 6.23. The lowest BCUT2D eigenvalue weighted by atomic mass is 10.0. The minimum atomic E-state index is -0.922. The number of benzene rings is 1. The zero-order valence-corrected chi connectivity index (χ0v) is 13.8. The van der Waals surface area contributed by atoms with E-state index < -0.39 is 38.3 Å². The summed E-state index contributed by atoms with van der Waals surface area (Å²) in [5.41, 5.74) is -2.30. The SMILES string of the molecule is CC(C)CSSNC(=O)c1c(C#N)cc([N+](=O)[O-])cc1[N+](=O)[O-]. The van der Waals surface area contributed by atoms with Gasteiger partial charge in [-0.3, -0.25) is 29.7 Å². The molecular formula is C12H12N4O5S2. The molecule has 0 aromatic heterocycles. The molecule has 9 nitrogen and oxygen atoms in total. The number of carbonyl (C=O) groups excluding carboxylic acids is 1. The Morgan fingerprint density at radius 3 is 2.48 bits per heavy atom. The van der Waals surface area contributed by atoms with Gasteiger partial charge in [-0.2, -0.15) is 5.26 Å². The lowest BCUT2D eigenvalue weighted by Gasteiger charge is -2.07. The predicted molar refractivity (Wildman–Crippen MR) is 86.8 cm³/mol. The van der Waals surface area contributed by atoms with Crippen molar-refractivity contribution in [1.82, 2.24) is 4.72 Å². The van der Waals surface area contributed by atoms with Gasteiger partial charge in [0.25, 0.3) is 17.3 Å². The van der Waals surface area contributed by atoms with Crippen molar-refractivity contribution in [3.8, 4) is 6.07 Å². The molecular weight excluding hydrogens is 344 g/mol. The van der Waals surface area contributed by atoms with E-state index in [0.29, 0.717) is 12.0 Å². The number of rotatable bonds is 7. The highest BCUT2D eigenvalue weighted by Gasteiger charge is 2.29. The summed E-state index contributed by atoms with van der Waals surface area (Å²) >= 11 is 0. The van der Waals surface area contributed by atoms with Crippen LogP contribution in [0.2, 0.25) is 0 Å². The van der Waals surface area contributed by atoms with Gasteiger partial charge in [0.2, 0.25) is 0 Å². The molecule has 0 bridgehead atoms. The first-order chi connectivity index (χ1) is 10.8. The molecule has 0 atom stereocenters. The highest BCUT2D eigenvalue weighted by molar-refractivity contribution is 8.76. The molecule has 0 saturated heterocycles. The fraction of sp³-hybridized carbons (Fsp3) is 0.333. The monoisotopic (exact) mass is 356 g/mol. The summed E-state index contributed by atoms with van der Waals surface area (Å²) in [5.74, 6) is 0.301. The van der Waals surface area contributed by atoms with Crippen molar-refractivity contribution >= 4 is 39.1 Å². The maximum Gasteiger partial charge on any atom is 0.290 e. The third kappa shape index (κ3) is 5.11. The van der Waals surface area contributed by atoms with Gasteiger partial charge >= 0.3 is 0 Å². The summed E-state index contributed by atoms with van der Waals surface area (Å²) in [5, 5.41) is 30.9. The van der Waals surface area contributed by atoms with Crippen LogP contribution in [0.1, 0.15) is 29.8 Å². The predicted octanol–water partition coefficient (Wildman–Crippen LogP) is 3.06. The van der Waals surface area contributed by atoms with E-state index in [1.807, 2.05) is 13.8 Å². The van der Waals surface area contributed by atoms with Gasteiger partial charge < -0.3 is 0 Å². The van der Waals surface area contributed by atoms with Crippen molar-refractivity contribution in [3.05, 3.63) is 43.5 Å². The lowest BCUT2D eigenvalue weighted by molar-refractivity contribution is -0.394. The van der Waals surface area contributed by atoms with Crippen LogP contribution in [0, 0.1) is 37.5 Å². The Hall–Kier alpha value is -2.32. The second-order valence-electron chi connectivity index (χ2n) is 4.71. The molecule has 0 saturated carbocycles.